The van der Waals surface area contributed by atoms with Crippen LogP contribution in [0.5, 0.6) is 0 Å². The summed E-state index contributed by atoms with van der Waals surface area (Å²) in [6.45, 7) is 2.98. The van der Waals surface area contributed by atoms with Gasteiger partial charge in [0.25, 0.3) is 11.8 Å². The minimum absolute atomic E-state index is 0.485. The molecule has 1 aliphatic heterocycles. The number of ether oxygens (including phenoxy) is 1. The highest BCUT2D eigenvalue weighted by molar-refractivity contribution is 7.14. The van der Waals surface area contributed by atoms with Crippen LogP contribution in [-0.2, 0) is 4.74 Å². The molecule has 1 fully saturated rings. The van der Waals surface area contributed by atoms with E-state index in [1.807, 2.05) is 16.3 Å². The number of hydrogen-bond donors (Lipinski definition) is 1. The summed E-state index contributed by atoms with van der Waals surface area (Å²) in [5, 5.41) is 5.88. The van der Waals surface area contributed by atoms with Crippen molar-refractivity contribution in [2.45, 2.75) is 0 Å². The van der Waals surface area contributed by atoms with Gasteiger partial charge in [-0.1, -0.05) is 0 Å². The van der Waals surface area contributed by atoms with Crippen molar-refractivity contribution in [3.63, 3.8) is 0 Å². The van der Waals surface area contributed by atoms with E-state index < -0.39 is 0 Å². The molecular formula is C10H12N4O2S. The van der Waals surface area contributed by atoms with E-state index in [1.54, 1.807) is 0 Å². The molecule has 0 saturated carbocycles. The van der Waals surface area contributed by atoms with Crippen molar-refractivity contribution in [2.24, 2.45) is 0 Å². The molecule has 0 unspecified atom stereocenters. The summed E-state index contributed by atoms with van der Waals surface area (Å²) < 4.78 is 10.5. The molecule has 0 radical (unpaired) electrons. The number of hydrogen-bond acceptors (Lipinski definition) is 7. The van der Waals surface area contributed by atoms with E-state index in [0.717, 1.165) is 18.0 Å². The van der Waals surface area contributed by atoms with Gasteiger partial charge in [0.15, 0.2) is 0 Å². The van der Waals surface area contributed by atoms with Gasteiger partial charge >= 0.3 is 0 Å². The first-order valence-corrected chi connectivity index (χ1v) is 6.22. The van der Waals surface area contributed by atoms with Crippen molar-refractivity contribution in [1.29, 1.82) is 0 Å². The van der Waals surface area contributed by atoms with Crippen molar-refractivity contribution in [1.82, 2.24) is 10.1 Å². The Hall–Kier alpha value is -1.60. The van der Waals surface area contributed by atoms with E-state index in [-0.39, 0.29) is 0 Å². The predicted molar refractivity (Wildman–Crippen MR) is 65.1 cm³/mol. The molecule has 1 saturated heterocycles. The zero-order chi connectivity index (χ0) is 11.7. The Kier molecular flexibility index (Phi) is 2.69. The first kappa shape index (κ1) is 10.5. The Balaban J connectivity index is 1.85. The van der Waals surface area contributed by atoms with Gasteiger partial charge in [-0.05, 0) is 16.6 Å². The molecule has 2 aromatic heterocycles. The smallest absolute Gasteiger partial charge is 0.271 e. The molecule has 17 heavy (non-hydrogen) atoms. The zero-order valence-electron chi connectivity index (χ0n) is 9.13. The van der Waals surface area contributed by atoms with Crippen LogP contribution in [0.3, 0.4) is 0 Å². The molecule has 6 nitrogen and oxygen atoms in total. The van der Waals surface area contributed by atoms with E-state index in [0.29, 0.717) is 30.7 Å². The molecule has 2 N–H and O–H groups in total. The highest BCUT2D eigenvalue weighted by Crippen LogP contribution is 2.31. The number of nitrogens with zero attached hydrogens (tertiary/aromatic N) is 3. The number of morpholine rings is 1. The number of thiophene rings is 1. The van der Waals surface area contributed by atoms with E-state index in [9.17, 15) is 0 Å². The Morgan fingerprint density at radius 3 is 2.88 bits per heavy atom. The summed E-state index contributed by atoms with van der Waals surface area (Å²) in [5.41, 5.74) is 6.48. The minimum atomic E-state index is 0.485. The normalized spacial score (nSPS) is 16.4. The number of nitrogen functional groups attached to an aromatic ring is 1. The van der Waals surface area contributed by atoms with E-state index >= 15 is 0 Å². The lowest BCUT2D eigenvalue weighted by molar-refractivity contribution is 0.121. The van der Waals surface area contributed by atoms with E-state index in [2.05, 4.69) is 10.1 Å². The monoisotopic (exact) mass is 252 g/mol. The fourth-order valence-corrected chi connectivity index (χ4v) is 2.43. The van der Waals surface area contributed by atoms with Crippen molar-refractivity contribution in [3.05, 3.63) is 11.4 Å². The quantitative estimate of drug-likeness (QED) is 0.865. The third kappa shape index (κ3) is 1.98. The van der Waals surface area contributed by atoms with Gasteiger partial charge in [0.05, 0.1) is 18.9 Å². The van der Waals surface area contributed by atoms with Crippen molar-refractivity contribution < 1.29 is 9.26 Å². The van der Waals surface area contributed by atoms with Crippen molar-refractivity contribution >= 4 is 23.0 Å². The Morgan fingerprint density at radius 2 is 2.18 bits per heavy atom. The highest BCUT2D eigenvalue weighted by Gasteiger charge is 2.19. The lowest BCUT2D eigenvalue weighted by Gasteiger charge is -2.24. The van der Waals surface area contributed by atoms with Crippen LogP contribution in [0.2, 0.25) is 0 Å². The molecule has 7 heteroatoms. The van der Waals surface area contributed by atoms with Crippen LogP contribution in [0.15, 0.2) is 16.0 Å². The van der Waals surface area contributed by atoms with Gasteiger partial charge in [-0.25, -0.2) is 0 Å². The Labute approximate surface area is 102 Å². The van der Waals surface area contributed by atoms with Gasteiger partial charge in [-0.15, -0.1) is 11.3 Å². The Morgan fingerprint density at radius 1 is 1.35 bits per heavy atom. The van der Waals surface area contributed by atoms with Crippen molar-refractivity contribution in [2.75, 3.05) is 36.9 Å². The molecule has 2 aromatic rings. The molecule has 90 valence electrons. The molecule has 0 bridgehead atoms. The van der Waals surface area contributed by atoms with Gasteiger partial charge in [0, 0.05) is 13.1 Å². The second kappa shape index (κ2) is 4.34. The average Bonchev–Trinajstić information content (AvgIpc) is 2.98. The molecule has 1 aliphatic rings. The second-order valence-corrected chi connectivity index (χ2v) is 4.62. The largest absolute Gasteiger partial charge is 0.397 e. The lowest BCUT2D eigenvalue weighted by atomic mass is 10.4. The summed E-state index contributed by atoms with van der Waals surface area (Å²) in [6.07, 6.45) is 0. The van der Waals surface area contributed by atoms with Crippen LogP contribution < -0.4 is 10.6 Å². The first-order valence-electron chi connectivity index (χ1n) is 5.34. The summed E-state index contributed by atoms with van der Waals surface area (Å²) >= 11 is 1.50. The van der Waals surface area contributed by atoms with Crippen molar-refractivity contribution in [3.8, 4) is 10.8 Å². The highest BCUT2D eigenvalue weighted by atomic mass is 32.1. The maximum Gasteiger partial charge on any atom is 0.271 e. The van der Waals surface area contributed by atoms with Gasteiger partial charge in [-0.3, -0.25) is 0 Å². The number of rotatable bonds is 2. The second-order valence-electron chi connectivity index (χ2n) is 3.70. The van der Waals surface area contributed by atoms with Gasteiger partial charge in [0.2, 0.25) is 0 Å². The maximum atomic E-state index is 5.81. The molecule has 3 rings (SSSR count). The first-order chi connectivity index (χ1) is 8.34. The molecule has 3 heterocycles. The number of aromatic nitrogens is 2. The van der Waals surface area contributed by atoms with Crippen LogP contribution in [0.1, 0.15) is 0 Å². The minimum Gasteiger partial charge on any atom is -0.397 e. The maximum absolute atomic E-state index is 5.81. The molecule has 0 amide bonds. The number of nitrogens with two attached hydrogens (primary N) is 1. The topological polar surface area (TPSA) is 77.4 Å². The summed E-state index contributed by atoms with van der Waals surface area (Å²) in [6, 6.07) is 1.83. The SMILES string of the molecule is Nc1ccsc1-c1nc(N2CCOCC2)no1. The Bertz CT molecular complexity index is 504. The number of anilines is 2. The molecular weight excluding hydrogens is 240 g/mol. The third-order valence-electron chi connectivity index (χ3n) is 2.60. The van der Waals surface area contributed by atoms with Gasteiger partial charge in [-0.2, -0.15) is 4.98 Å². The summed E-state index contributed by atoms with van der Waals surface area (Å²) in [4.78, 5) is 7.23. The van der Waals surface area contributed by atoms with Crippen LogP contribution >= 0.6 is 11.3 Å². The molecule has 0 atom stereocenters. The van der Waals surface area contributed by atoms with Crippen LogP contribution in [0.25, 0.3) is 10.8 Å². The van der Waals surface area contributed by atoms with Gasteiger partial charge < -0.3 is 19.9 Å². The third-order valence-corrected chi connectivity index (χ3v) is 3.52. The summed E-state index contributed by atoms with van der Waals surface area (Å²) in [7, 11) is 0. The predicted octanol–water partition coefficient (Wildman–Crippen LogP) is 1.22. The molecule has 0 spiro atoms. The standard InChI is InChI=1S/C10H12N4O2S/c11-7-1-6-17-8(7)9-12-10(13-16-9)14-2-4-15-5-3-14/h1,6H,2-5,11H2. The van der Waals surface area contributed by atoms with Gasteiger partial charge in [0.1, 0.15) is 4.88 Å². The fourth-order valence-electron chi connectivity index (χ4n) is 1.69. The lowest BCUT2D eigenvalue weighted by Crippen LogP contribution is -2.36. The molecule has 0 aromatic carbocycles. The fraction of sp³-hybridized carbons (Fsp3) is 0.400. The zero-order valence-corrected chi connectivity index (χ0v) is 9.94. The summed E-state index contributed by atoms with van der Waals surface area (Å²) in [5.74, 6) is 1.09. The van der Waals surface area contributed by atoms with Crippen LogP contribution in [-0.4, -0.2) is 36.4 Å². The van der Waals surface area contributed by atoms with E-state index in [4.69, 9.17) is 15.0 Å². The van der Waals surface area contributed by atoms with Crippen LogP contribution in [0, 0.1) is 0 Å². The van der Waals surface area contributed by atoms with Crippen LogP contribution in [0.4, 0.5) is 11.6 Å². The average molecular weight is 252 g/mol. The molecule has 0 aliphatic carbocycles. The van der Waals surface area contributed by atoms with E-state index in [1.165, 1.54) is 11.3 Å².